The van der Waals surface area contributed by atoms with E-state index >= 15 is 0 Å². The third-order valence-corrected chi connectivity index (χ3v) is 3.63. The molecule has 0 bridgehead atoms. The molecule has 0 aliphatic rings. The van der Waals surface area contributed by atoms with E-state index in [1.807, 2.05) is 0 Å². The Hall–Kier alpha value is -1.48. The predicted octanol–water partition coefficient (Wildman–Crippen LogP) is 4.25. The minimum absolute atomic E-state index is 0.438. The van der Waals surface area contributed by atoms with Crippen molar-refractivity contribution >= 4 is 11.0 Å². The van der Waals surface area contributed by atoms with Crippen molar-refractivity contribution in [3.05, 3.63) is 36.2 Å². The lowest BCUT2D eigenvalue weighted by Crippen LogP contribution is -2.22. The van der Waals surface area contributed by atoms with Gasteiger partial charge in [-0.25, -0.2) is 0 Å². The maximum absolute atomic E-state index is 4.41. The highest BCUT2D eigenvalue weighted by atomic mass is 14.9. The summed E-state index contributed by atoms with van der Waals surface area (Å²) in [4.78, 5) is 8.75. The Balaban J connectivity index is 2.15. The van der Waals surface area contributed by atoms with Crippen molar-refractivity contribution in [2.45, 2.75) is 52.0 Å². The summed E-state index contributed by atoms with van der Waals surface area (Å²) in [5.41, 5.74) is 3.30. The number of fused-ring (bicyclic) bond motifs is 1. The molecule has 0 amide bonds. The first-order chi connectivity index (χ1) is 9.85. The summed E-state index contributed by atoms with van der Waals surface area (Å²) in [7, 11) is 0. The fourth-order valence-corrected chi connectivity index (χ4v) is 2.50. The highest BCUT2D eigenvalue weighted by Crippen LogP contribution is 2.22. The van der Waals surface area contributed by atoms with Gasteiger partial charge in [0.05, 0.1) is 11.0 Å². The van der Waals surface area contributed by atoms with Crippen molar-refractivity contribution in [1.29, 1.82) is 0 Å². The van der Waals surface area contributed by atoms with Crippen LogP contribution in [-0.4, -0.2) is 16.5 Å². The van der Waals surface area contributed by atoms with Crippen LogP contribution in [0.15, 0.2) is 30.6 Å². The molecular weight excluding hydrogens is 246 g/mol. The van der Waals surface area contributed by atoms with E-state index in [1.165, 1.54) is 31.2 Å². The second-order valence-electron chi connectivity index (χ2n) is 5.31. The number of unbranched alkanes of at least 4 members (excludes halogenated alkanes) is 2. The maximum atomic E-state index is 4.41. The van der Waals surface area contributed by atoms with Crippen LogP contribution in [0, 0.1) is 0 Å². The van der Waals surface area contributed by atoms with E-state index in [2.05, 4.69) is 47.3 Å². The average Bonchev–Trinajstić information content (AvgIpc) is 2.50. The topological polar surface area (TPSA) is 37.8 Å². The predicted molar refractivity (Wildman–Crippen MR) is 84.7 cm³/mol. The minimum Gasteiger partial charge on any atom is -0.310 e. The number of nitrogens with one attached hydrogen (secondary N) is 1. The van der Waals surface area contributed by atoms with Crippen LogP contribution in [0.4, 0.5) is 0 Å². The molecule has 0 fully saturated rings. The van der Waals surface area contributed by atoms with Gasteiger partial charge in [-0.05, 0) is 37.1 Å². The Bertz CT molecular complexity index is 524. The van der Waals surface area contributed by atoms with E-state index in [0.29, 0.717) is 6.04 Å². The van der Waals surface area contributed by atoms with Gasteiger partial charge in [0.15, 0.2) is 0 Å². The van der Waals surface area contributed by atoms with E-state index in [4.69, 9.17) is 0 Å². The average molecular weight is 271 g/mol. The highest BCUT2D eigenvalue weighted by Gasteiger charge is 2.11. The second-order valence-corrected chi connectivity index (χ2v) is 5.31. The largest absolute Gasteiger partial charge is 0.310 e. The summed E-state index contributed by atoms with van der Waals surface area (Å²) < 4.78 is 0. The lowest BCUT2D eigenvalue weighted by Gasteiger charge is -2.19. The molecule has 0 radical (unpaired) electrons. The van der Waals surface area contributed by atoms with Crippen molar-refractivity contribution in [1.82, 2.24) is 15.3 Å². The Kier molecular flexibility index (Phi) is 5.93. The summed E-state index contributed by atoms with van der Waals surface area (Å²) in [6.45, 7) is 5.53. The van der Waals surface area contributed by atoms with Gasteiger partial charge >= 0.3 is 0 Å². The quantitative estimate of drug-likeness (QED) is 0.729. The molecule has 1 aromatic heterocycles. The summed E-state index contributed by atoms with van der Waals surface area (Å²) in [6, 6.07) is 6.89. The van der Waals surface area contributed by atoms with Gasteiger partial charge in [0.25, 0.3) is 0 Å². The van der Waals surface area contributed by atoms with Crippen LogP contribution in [0.25, 0.3) is 11.0 Å². The molecule has 0 aliphatic heterocycles. The maximum Gasteiger partial charge on any atom is 0.0890 e. The zero-order valence-electron chi connectivity index (χ0n) is 12.6. The van der Waals surface area contributed by atoms with Gasteiger partial charge < -0.3 is 5.32 Å². The normalized spacial score (nSPS) is 12.7. The number of hydrogen-bond donors (Lipinski definition) is 1. The van der Waals surface area contributed by atoms with Crippen molar-refractivity contribution in [2.24, 2.45) is 0 Å². The van der Waals surface area contributed by atoms with Gasteiger partial charge in [-0.2, -0.15) is 0 Å². The number of hydrogen-bond acceptors (Lipinski definition) is 3. The molecule has 1 atom stereocenters. The first-order valence-corrected chi connectivity index (χ1v) is 7.79. The first kappa shape index (κ1) is 14.9. The van der Waals surface area contributed by atoms with Crippen molar-refractivity contribution in [2.75, 3.05) is 6.54 Å². The van der Waals surface area contributed by atoms with Crippen LogP contribution >= 0.6 is 0 Å². The zero-order valence-corrected chi connectivity index (χ0v) is 12.6. The zero-order chi connectivity index (χ0) is 14.2. The molecule has 2 rings (SSSR count). The lowest BCUT2D eigenvalue weighted by molar-refractivity contribution is 0.475. The molecular formula is C17H25N3. The number of aromatic nitrogens is 2. The van der Waals surface area contributed by atoms with E-state index in [1.54, 1.807) is 12.4 Å². The van der Waals surface area contributed by atoms with Crippen molar-refractivity contribution in [3.63, 3.8) is 0 Å². The standard InChI is InChI=1S/C17H25N3/c1-3-5-6-7-15(18-10-4-2)14-8-9-16-17(13-14)20-12-11-19-16/h8-9,11-13,15,18H,3-7,10H2,1-2H3. The second kappa shape index (κ2) is 7.95. The molecule has 108 valence electrons. The molecule has 2 aromatic rings. The third kappa shape index (κ3) is 4.01. The molecule has 0 saturated carbocycles. The van der Waals surface area contributed by atoms with Crippen LogP contribution in [0.1, 0.15) is 57.6 Å². The van der Waals surface area contributed by atoms with Gasteiger partial charge in [0.1, 0.15) is 0 Å². The molecule has 0 aliphatic carbocycles. The third-order valence-electron chi connectivity index (χ3n) is 3.63. The van der Waals surface area contributed by atoms with E-state index in [9.17, 15) is 0 Å². The van der Waals surface area contributed by atoms with Gasteiger partial charge in [-0.3, -0.25) is 9.97 Å². The molecule has 1 unspecified atom stereocenters. The summed E-state index contributed by atoms with van der Waals surface area (Å²) >= 11 is 0. The molecule has 20 heavy (non-hydrogen) atoms. The molecule has 1 heterocycles. The van der Waals surface area contributed by atoms with Gasteiger partial charge in [0, 0.05) is 18.4 Å². The number of nitrogens with zero attached hydrogens (tertiary/aromatic N) is 2. The molecule has 3 nitrogen and oxygen atoms in total. The van der Waals surface area contributed by atoms with Crippen LogP contribution in [-0.2, 0) is 0 Å². The fraction of sp³-hybridized carbons (Fsp3) is 0.529. The van der Waals surface area contributed by atoms with Gasteiger partial charge in [0.2, 0.25) is 0 Å². The smallest absolute Gasteiger partial charge is 0.0890 e. The SMILES string of the molecule is CCCCCC(NCCC)c1ccc2nccnc2c1. The van der Waals surface area contributed by atoms with Crippen molar-refractivity contribution < 1.29 is 0 Å². The summed E-state index contributed by atoms with van der Waals surface area (Å²) in [6.07, 6.45) is 9.71. The van der Waals surface area contributed by atoms with E-state index in [0.717, 1.165) is 24.0 Å². The summed E-state index contributed by atoms with van der Waals surface area (Å²) in [5, 5.41) is 3.66. The number of rotatable bonds is 8. The van der Waals surface area contributed by atoms with Crippen LogP contribution in [0.3, 0.4) is 0 Å². The fourth-order valence-electron chi connectivity index (χ4n) is 2.50. The monoisotopic (exact) mass is 271 g/mol. The molecule has 0 spiro atoms. The lowest BCUT2D eigenvalue weighted by atomic mass is 9.99. The van der Waals surface area contributed by atoms with Crippen LogP contribution < -0.4 is 5.32 Å². The molecule has 1 aromatic carbocycles. The number of benzene rings is 1. The first-order valence-electron chi connectivity index (χ1n) is 7.79. The minimum atomic E-state index is 0.438. The Labute approximate surface area is 121 Å². The Morgan fingerprint density at radius 3 is 2.55 bits per heavy atom. The van der Waals surface area contributed by atoms with E-state index < -0.39 is 0 Å². The Morgan fingerprint density at radius 1 is 1.00 bits per heavy atom. The molecule has 3 heteroatoms. The van der Waals surface area contributed by atoms with E-state index in [-0.39, 0.29) is 0 Å². The van der Waals surface area contributed by atoms with Gasteiger partial charge in [-0.1, -0.05) is 39.2 Å². The summed E-state index contributed by atoms with van der Waals surface area (Å²) in [5.74, 6) is 0. The Morgan fingerprint density at radius 2 is 1.80 bits per heavy atom. The molecule has 0 saturated heterocycles. The van der Waals surface area contributed by atoms with Gasteiger partial charge in [-0.15, -0.1) is 0 Å². The highest BCUT2D eigenvalue weighted by molar-refractivity contribution is 5.74. The van der Waals surface area contributed by atoms with Crippen LogP contribution in [0.2, 0.25) is 0 Å². The molecule has 1 N–H and O–H groups in total. The van der Waals surface area contributed by atoms with Crippen molar-refractivity contribution in [3.8, 4) is 0 Å². The van der Waals surface area contributed by atoms with Crippen LogP contribution in [0.5, 0.6) is 0 Å².